The fourth-order valence-corrected chi connectivity index (χ4v) is 2.08. The van der Waals surface area contributed by atoms with Crippen molar-refractivity contribution in [3.63, 3.8) is 0 Å². The van der Waals surface area contributed by atoms with E-state index in [1.54, 1.807) is 0 Å². The van der Waals surface area contributed by atoms with Crippen LogP contribution in [0.2, 0.25) is 0 Å². The molecule has 3 heteroatoms. The van der Waals surface area contributed by atoms with E-state index in [9.17, 15) is 5.11 Å². The average molecular weight is 187 g/mol. The van der Waals surface area contributed by atoms with E-state index in [1.807, 2.05) is 13.8 Å². The molecule has 0 aliphatic carbocycles. The second-order valence-electron chi connectivity index (χ2n) is 4.05. The maximum atomic E-state index is 10.3. The Labute approximate surface area is 80.3 Å². The van der Waals surface area contributed by atoms with E-state index in [0.29, 0.717) is 6.61 Å². The normalized spacial score (nSPS) is 30.5. The summed E-state index contributed by atoms with van der Waals surface area (Å²) in [4.78, 5) is 0. The molecule has 0 aromatic heterocycles. The van der Waals surface area contributed by atoms with Crippen molar-refractivity contribution in [1.82, 2.24) is 0 Å². The minimum Gasteiger partial charge on any atom is -0.386 e. The standard InChI is InChI=1S/C10H21NO2/c1-3-9(11,4-2)10(12)6-5-7-13-8-10/h12H,3-8,11H2,1-2H3. The lowest BCUT2D eigenvalue weighted by Gasteiger charge is -2.46. The van der Waals surface area contributed by atoms with E-state index in [4.69, 9.17) is 10.5 Å². The van der Waals surface area contributed by atoms with E-state index >= 15 is 0 Å². The maximum Gasteiger partial charge on any atom is 0.106 e. The van der Waals surface area contributed by atoms with Crippen molar-refractivity contribution < 1.29 is 9.84 Å². The Kier molecular flexibility index (Phi) is 3.33. The molecule has 0 aromatic rings. The van der Waals surface area contributed by atoms with Gasteiger partial charge >= 0.3 is 0 Å². The molecule has 3 nitrogen and oxygen atoms in total. The molecule has 0 amide bonds. The Morgan fingerprint density at radius 3 is 2.46 bits per heavy atom. The van der Waals surface area contributed by atoms with Gasteiger partial charge in [0.2, 0.25) is 0 Å². The highest BCUT2D eigenvalue weighted by atomic mass is 16.5. The van der Waals surface area contributed by atoms with E-state index in [0.717, 1.165) is 32.3 Å². The molecule has 13 heavy (non-hydrogen) atoms. The van der Waals surface area contributed by atoms with Gasteiger partial charge in [0.15, 0.2) is 0 Å². The van der Waals surface area contributed by atoms with Gasteiger partial charge in [0.1, 0.15) is 5.60 Å². The van der Waals surface area contributed by atoms with Crippen LogP contribution >= 0.6 is 0 Å². The third-order valence-corrected chi connectivity index (χ3v) is 3.41. The Hall–Kier alpha value is -0.120. The number of nitrogens with two attached hydrogens (primary N) is 1. The van der Waals surface area contributed by atoms with Crippen LogP contribution in [0.4, 0.5) is 0 Å². The highest BCUT2D eigenvalue weighted by molar-refractivity contribution is 5.03. The molecular formula is C10H21NO2. The van der Waals surface area contributed by atoms with Crippen LogP contribution in [0.1, 0.15) is 39.5 Å². The third kappa shape index (κ3) is 1.87. The highest BCUT2D eigenvalue weighted by Gasteiger charge is 2.46. The van der Waals surface area contributed by atoms with Crippen molar-refractivity contribution in [2.75, 3.05) is 13.2 Å². The van der Waals surface area contributed by atoms with Crippen molar-refractivity contribution in [3.8, 4) is 0 Å². The summed E-state index contributed by atoms with van der Waals surface area (Å²) in [7, 11) is 0. The maximum absolute atomic E-state index is 10.3. The zero-order valence-electron chi connectivity index (χ0n) is 8.68. The molecule has 0 aromatic carbocycles. The fraction of sp³-hybridized carbons (Fsp3) is 1.00. The summed E-state index contributed by atoms with van der Waals surface area (Å²) in [6.07, 6.45) is 3.27. The molecule has 1 rings (SSSR count). The van der Waals surface area contributed by atoms with Crippen molar-refractivity contribution in [1.29, 1.82) is 0 Å². The van der Waals surface area contributed by atoms with Gasteiger partial charge in [-0.15, -0.1) is 0 Å². The summed E-state index contributed by atoms with van der Waals surface area (Å²) >= 11 is 0. The summed E-state index contributed by atoms with van der Waals surface area (Å²) in [5.74, 6) is 0. The largest absolute Gasteiger partial charge is 0.386 e. The number of hydrogen-bond acceptors (Lipinski definition) is 3. The molecule has 3 N–H and O–H groups in total. The number of aliphatic hydroxyl groups is 1. The van der Waals surface area contributed by atoms with Crippen LogP contribution in [0.3, 0.4) is 0 Å². The lowest BCUT2D eigenvalue weighted by molar-refractivity contribution is -0.131. The Morgan fingerprint density at radius 2 is 2.08 bits per heavy atom. The van der Waals surface area contributed by atoms with Gasteiger partial charge in [0.05, 0.1) is 6.61 Å². The second-order valence-corrected chi connectivity index (χ2v) is 4.05. The molecule has 0 radical (unpaired) electrons. The first kappa shape index (κ1) is 11.0. The highest BCUT2D eigenvalue weighted by Crippen LogP contribution is 2.33. The first-order valence-electron chi connectivity index (χ1n) is 5.17. The van der Waals surface area contributed by atoms with Crippen LogP contribution in [0, 0.1) is 0 Å². The Balaban J connectivity index is 2.74. The molecule has 0 spiro atoms. The van der Waals surface area contributed by atoms with Gasteiger partial charge in [-0.25, -0.2) is 0 Å². The van der Waals surface area contributed by atoms with Gasteiger partial charge in [-0.2, -0.15) is 0 Å². The fourth-order valence-electron chi connectivity index (χ4n) is 2.08. The number of ether oxygens (including phenoxy) is 1. The van der Waals surface area contributed by atoms with Crippen LogP contribution in [-0.4, -0.2) is 29.5 Å². The predicted octanol–water partition coefficient (Wildman–Crippen LogP) is 1.05. The van der Waals surface area contributed by atoms with Crippen LogP contribution in [0.25, 0.3) is 0 Å². The topological polar surface area (TPSA) is 55.5 Å². The van der Waals surface area contributed by atoms with Gasteiger partial charge in [-0.1, -0.05) is 13.8 Å². The third-order valence-electron chi connectivity index (χ3n) is 3.41. The SMILES string of the molecule is CCC(N)(CC)C1(O)CCCOC1. The molecule has 1 aliphatic rings. The number of rotatable bonds is 3. The minimum atomic E-state index is -0.811. The van der Waals surface area contributed by atoms with Crippen molar-refractivity contribution >= 4 is 0 Å². The van der Waals surface area contributed by atoms with Crippen LogP contribution in [0.5, 0.6) is 0 Å². The zero-order valence-corrected chi connectivity index (χ0v) is 8.68. The van der Waals surface area contributed by atoms with Crippen LogP contribution < -0.4 is 5.73 Å². The van der Waals surface area contributed by atoms with Gasteiger partial charge < -0.3 is 15.6 Å². The molecule has 1 atom stereocenters. The van der Waals surface area contributed by atoms with Gasteiger partial charge in [-0.3, -0.25) is 0 Å². The van der Waals surface area contributed by atoms with E-state index in [2.05, 4.69) is 0 Å². The second kappa shape index (κ2) is 3.95. The molecule has 0 bridgehead atoms. The monoisotopic (exact) mass is 187 g/mol. The lowest BCUT2D eigenvalue weighted by Crippen LogP contribution is -2.63. The van der Waals surface area contributed by atoms with E-state index in [1.165, 1.54) is 0 Å². The molecule has 1 unspecified atom stereocenters. The van der Waals surface area contributed by atoms with Crippen molar-refractivity contribution in [2.24, 2.45) is 5.73 Å². The molecule has 78 valence electrons. The van der Waals surface area contributed by atoms with E-state index in [-0.39, 0.29) is 0 Å². The van der Waals surface area contributed by atoms with E-state index < -0.39 is 11.1 Å². The first-order valence-corrected chi connectivity index (χ1v) is 5.17. The first-order chi connectivity index (χ1) is 6.08. The van der Waals surface area contributed by atoms with Crippen LogP contribution in [-0.2, 0) is 4.74 Å². The predicted molar refractivity (Wildman–Crippen MR) is 52.5 cm³/mol. The average Bonchev–Trinajstić information content (AvgIpc) is 2.17. The minimum absolute atomic E-state index is 0.394. The molecule has 0 saturated carbocycles. The summed E-state index contributed by atoms with van der Waals surface area (Å²) in [6.45, 7) is 5.20. The quantitative estimate of drug-likeness (QED) is 0.694. The van der Waals surface area contributed by atoms with Crippen molar-refractivity contribution in [2.45, 2.75) is 50.7 Å². The van der Waals surface area contributed by atoms with Gasteiger partial charge in [-0.05, 0) is 25.7 Å². The summed E-state index contributed by atoms with van der Waals surface area (Å²) in [5.41, 5.74) is 4.89. The zero-order chi connectivity index (χ0) is 9.95. The van der Waals surface area contributed by atoms with Gasteiger partial charge in [0.25, 0.3) is 0 Å². The van der Waals surface area contributed by atoms with Crippen molar-refractivity contribution in [3.05, 3.63) is 0 Å². The summed E-state index contributed by atoms with van der Waals surface area (Å²) < 4.78 is 5.30. The smallest absolute Gasteiger partial charge is 0.106 e. The lowest BCUT2D eigenvalue weighted by atomic mass is 9.73. The summed E-state index contributed by atoms with van der Waals surface area (Å²) in [6, 6.07) is 0. The Morgan fingerprint density at radius 1 is 1.46 bits per heavy atom. The molecule has 1 saturated heterocycles. The Bertz CT molecular complexity index is 160. The molecule has 1 aliphatic heterocycles. The molecule has 1 fully saturated rings. The molecule has 1 heterocycles. The van der Waals surface area contributed by atoms with Crippen LogP contribution in [0.15, 0.2) is 0 Å². The molecular weight excluding hydrogens is 166 g/mol. The summed E-state index contributed by atoms with van der Waals surface area (Å²) in [5, 5.41) is 10.3. The van der Waals surface area contributed by atoms with Gasteiger partial charge in [0, 0.05) is 12.1 Å². The number of hydrogen-bond donors (Lipinski definition) is 2.